The molecule has 2 unspecified atom stereocenters. The topological polar surface area (TPSA) is 67.2 Å². The zero-order chi connectivity index (χ0) is 22.8. The lowest BCUT2D eigenvalue weighted by Gasteiger charge is -2.60. The van der Waals surface area contributed by atoms with Gasteiger partial charge in [-0.15, -0.1) is 0 Å². The maximum atomic E-state index is 14.6. The molecule has 1 aliphatic heterocycles. The van der Waals surface area contributed by atoms with Crippen LogP contribution in [0.15, 0.2) is 24.3 Å². The molecule has 0 aromatic carbocycles. The van der Waals surface area contributed by atoms with E-state index in [1.54, 1.807) is 24.2 Å². The number of nitrogens with zero attached hydrogens (tertiary/aromatic N) is 3. The van der Waals surface area contributed by atoms with Gasteiger partial charge in [-0.25, -0.2) is 9.37 Å². The van der Waals surface area contributed by atoms with Gasteiger partial charge in [0.1, 0.15) is 5.82 Å². The Hall–Kier alpha value is -2.18. The Morgan fingerprint density at radius 3 is 2.69 bits per heavy atom. The smallest absolute Gasteiger partial charge is 0.282 e. The number of carbonyl (C=O) groups is 2. The highest BCUT2D eigenvalue weighted by atomic mass is 19.1. The fraction of sp³-hybridized carbons (Fsp3) is 0.720. The van der Waals surface area contributed by atoms with E-state index in [2.05, 4.69) is 24.1 Å². The molecule has 0 spiro atoms. The highest BCUT2D eigenvalue weighted by Crippen LogP contribution is 2.65. The van der Waals surface area contributed by atoms with E-state index in [0.29, 0.717) is 24.3 Å². The number of nitrogens with one attached hydrogen (secondary N) is 1. The molecular formula is C25H35FN4O2. The van der Waals surface area contributed by atoms with E-state index in [0.717, 1.165) is 44.3 Å². The molecule has 5 rings (SSSR count). The van der Waals surface area contributed by atoms with Crippen LogP contribution in [-0.4, -0.2) is 39.4 Å². The van der Waals surface area contributed by atoms with Gasteiger partial charge in [0.05, 0.1) is 6.54 Å². The summed E-state index contributed by atoms with van der Waals surface area (Å²) in [4.78, 5) is 31.4. The van der Waals surface area contributed by atoms with Gasteiger partial charge >= 0.3 is 0 Å². The molecule has 0 saturated heterocycles. The van der Waals surface area contributed by atoms with E-state index in [1.807, 2.05) is 17.8 Å². The van der Waals surface area contributed by atoms with Crippen LogP contribution in [0.25, 0.3) is 0 Å². The summed E-state index contributed by atoms with van der Waals surface area (Å²) in [6.07, 6.45) is 11.2. The van der Waals surface area contributed by atoms with Gasteiger partial charge in [-0.2, -0.15) is 0 Å². The fourth-order valence-corrected chi connectivity index (χ4v) is 8.12. The van der Waals surface area contributed by atoms with Gasteiger partial charge in [0.2, 0.25) is 5.91 Å². The van der Waals surface area contributed by atoms with Gasteiger partial charge in [0.15, 0.2) is 5.83 Å². The first-order valence-corrected chi connectivity index (χ1v) is 12.1. The molecule has 0 bridgehead atoms. The van der Waals surface area contributed by atoms with E-state index < -0.39 is 11.7 Å². The number of hydrogen-bond donors (Lipinski definition) is 1. The molecule has 4 aliphatic rings. The predicted octanol–water partition coefficient (Wildman–Crippen LogP) is 3.59. The normalized spacial score (nSPS) is 40.9. The Morgan fingerprint density at radius 2 is 1.97 bits per heavy atom. The lowest BCUT2D eigenvalue weighted by Crippen LogP contribution is -2.60. The lowest BCUT2D eigenvalue weighted by molar-refractivity contribution is -0.145. The summed E-state index contributed by atoms with van der Waals surface area (Å²) in [7, 11) is 3.69. The molecule has 7 heteroatoms. The largest absolute Gasteiger partial charge is 0.349 e. The Labute approximate surface area is 189 Å². The number of aromatic nitrogens is 2. The summed E-state index contributed by atoms with van der Waals surface area (Å²) >= 11 is 0. The number of hydrogen-bond acceptors (Lipinski definition) is 3. The molecule has 1 N–H and O–H groups in total. The van der Waals surface area contributed by atoms with E-state index in [4.69, 9.17) is 0 Å². The monoisotopic (exact) mass is 442 g/mol. The third kappa shape index (κ3) is 2.99. The number of aryl methyl sites for hydroxylation is 1. The van der Waals surface area contributed by atoms with Gasteiger partial charge in [-0.1, -0.05) is 13.8 Å². The molecule has 174 valence electrons. The minimum atomic E-state index is -0.599. The molecule has 0 radical (unpaired) electrons. The number of likely N-dealkylation sites (N-methyl/N-ethyl adjacent to an activating group) is 1. The van der Waals surface area contributed by atoms with Gasteiger partial charge < -0.3 is 14.8 Å². The summed E-state index contributed by atoms with van der Waals surface area (Å²) in [5, 5.41) is 3.14. The molecule has 32 heavy (non-hydrogen) atoms. The van der Waals surface area contributed by atoms with Crippen molar-refractivity contribution in [2.24, 2.45) is 41.5 Å². The average Bonchev–Trinajstić information content (AvgIpc) is 3.32. The van der Waals surface area contributed by atoms with Crippen LogP contribution in [0.3, 0.4) is 0 Å². The Kier molecular flexibility index (Phi) is 5.02. The number of fused-ring (bicyclic) bond motifs is 5. The third-order valence-electron chi connectivity index (χ3n) is 9.82. The van der Waals surface area contributed by atoms with Gasteiger partial charge in [0.25, 0.3) is 5.91 Å². The van der Waals surface area contributed by atoms with Crippen molar-refractivity contribution >= 4 is 11.8 Å². The number of imidazole rings is 1. The first-order chi connectivity index (χ1) is 15.2. The number of rotatable bonds is 3. The van der Waals surface area contributed by atoms with Gasteiger partial charge in [-0.3, -0.25) is 9.59 Å². The minimum Gasteiger partial charge on any atom is -0.349 e. The van der Waals surface area contributed by atoms with Crippen LogP contribution in [0.5, 0.6) is 0 Å². The third-order valence-corrected chi connectivity index (χ3v) is 9.82. The van der Waals surface area contributed by atoms with E-state index in [9.17, 15) is 14.0 Å². The van der Waals surface area contributed by atoms with Gasteiger partial charge in [-0.05, 0) is 67.8 Å². The minimum absolute atomic E-state index is 0.0159. The maximum Gasteiger partial charge on any atom is 0.282 e. The van der Waals surface area contributed by atoms with Crippen LogP contribution in [0.1, 0.15) is 58.2 Å². The van der Waals surface area contributed by atoms with E-state index in [1.165, 1.54) is 0 Å². The molecule has 1 aromatic heterocycles. The molecule has 3 saturated carbocycles. The molecule has 2 amide bonds. The Morgan fingerprint density at radius 1 is 1.19 bits per heavy atom. The molecule has 7 atom stereocenters. The average molecular weight is 443 g/mol. The zero-order valence-electron chi connectivity index (χ0n) is 19.6. The summed E-state index contributed by atoms with van der Waals surface area (Å²) in [6.45, 7) is 4.93. The summed E-state index contributed by atoms with van der Waals surface area (Å²) in [6, 6.07) is 0.0680. The number of carbonyl (C=O) groups excluding carboxylic acids is 2. The SMILES string of the molecule is CN1C(=O)C(F)=C[C@@]2(C)C1CC[C@@H]1[C@H]2CC[C@]2(C)C(C(=O)NCc3nccn3C)CC[C@@H]12. The molecule has 2 heterocycles. The van der Waals surface area contributed by atoms with E-state index >= 15 is 0 Å². The number of amides is 2. The Bertz CT molecular complexity index is 973. The van der Waals surface area contributed by atoms with Crippen LogP contribution >= 0.6 is 0 Å². The second-order valence-corrected chi connectivity index (χ2v) is 11.1. The van der Waals surface area contributed by atoms with Crippen molar-refractivity contribution in [2.75, 3.05) is 7.05 Å². The van der Waals surface area contributed by atoms with Crippen molar-refractivity contribution in [1.82, 2.24) is 19.8 Å². The highest BCUT2D eigenvalue weighted by molar-refractivity contribution is 5.92. The van der Waals surface area contributed by atoms with Crippen LogP contribution in [-0.2, 0) is 23.2 Å². The maximum absolute atomic E-state index is 14.6. The van der Waals surface area contributed by atoms with Crippen LogP contribution in [0.4, 0.5) is 4.39 Å². The molecule has 3 aliphatic carbocycles. The van der Waals surface area contributed by atoms with Crippen LogP contribution in [0, 0.1) is 34.5 Å². The van der Waals surface area contributed by atoms with Crippen molar-refractivity contribution in [3.8, 4) is 0 Å². The molecular weight excluding hydrogens is 407 g/mol. The molecule has 1 aromatic rings. The second-order valence-electron chi connectivity index (χ2n) is 11.1. The Balaban J connectivity index is 1.35. The number of halogens is 1. The molecule has 3 fully saturated rings. The van der Waals surface area contributed by atoms with Crippen LogP contribution < -0.4 is 5.32 Å². The van der Waals surface area contributed by atoms with Crippen molar-refractivity contribution in [3.63, 3.8) is 0 Å². The second kappa shape index (κ2) is 7.42. The fourth-order valence-electron chi connectivity index (χ4n) is 8.12. The lowest BCUT2D eigenvalue weighted by atomic mass is 9.47. The summed E-state index contributed by atoms with van der Waals surface area (Å²) in [5.41, 5.74) is -0.343. The highest BCUT2D eigenvalue weighted by Gasteiger charge is 2.62. The first kappa shape index (κ1) is 21.7. The van der Waals surface area contributed by atoms with Crippen molar-refractivity contribution in [2.45, 2.75) is 65.0 Å². The standard InChI is InChI=1S/C25H35FN4O2/c1-24-10-9-17-15(5-8-20-25(17,2)13-19(26)23(32)30(20)4)16(24)6-7-18(24)22(31)28-14-21-27-11-12-29(21)3/h11-13,15-18,20H,5-10,14H2,1-4H3,(H,28,31)/t15-,16-,17+,18?,20?,24-,25+/m0/s1. The van der Waals surface area contributed by atoms with Crippen molar-refractivity contribution in [1.29, 1.82) is 0 Å². The first-order valence-electron chi connectivity index (χ1n) is 12.1. The van der Waals surface area contributed by atoms with Gasteiger partial charge in [0, 0.05) is 43.9 Å². The van der Waals surface area contributed by atoms with E-state index in [-0.39, 0.29) is 28.7 Å². The quantitative estimate of drug-likeness (QED) is 0.778. The summed E-state index contributed by atoms with van der Waals surface area (Å²) in [5.74, 6) is 1.26. The molecule has 6 nitrogen and oxygen atoms in total. The van der Waals surface area contributed by atoms with Crippen LogP contribution in [0.2, 0.25) is 0 Å². The predicted molar refractivity (Wildman–Crippen MR) is 119 cm³/mol. The zero-order valence-corrected chi connectivity index (χ0v) is 19.6. The van der Waals surface area contributed by atoms with Crippen molar-refractivity contribution in [3.05, 3.63) is 30.1 Å². The summed E-state index contributed by atoms with van der Waals surface area (Å²) < 4.78 is 16.5. The van der Waals surface area contributed by atoms with Crippen molar-refractivity contribution < 1.29 is 14.0 Å².